The van der Waals surface area contributed by atoms with Crippen LogP contribution in [0.5, 0.6) is 0 Å². The summed E-state index contributed by atoms with van der Waals surface area (Å²) in [6.45, 7) is 0. The Labute approximate surface area is 259 Å². The summed E-state index contributed by atoms with van der Waals surface area (Å²) in [5, 5.41) is 4.18. The third kappa shape index (κ3) is 3.76. The summed E-state index contributed by atoms with van der Waals surface area (Å²) in [7, 11) is 0. The number of para-hydroxylation sites is 4. The topological polar surface area (TPSA) is 31.9 Å². The molecule has 0 unspecified atom stereocenters. The molecular formula is C41H27N3O. The average Bonchev–Trinajstić information content (AvgIpc) is 3.63. The third-order valence-corrected chi connectivity index (χ3v) is 8.83. The standard InChI is InChI=1S/C41H27N3O/c45-41-39-37(33-23-10-12-25-35(33)42(39)30-18-6-2-7-19-30)38-34-24-11-13-26-36(34)43(31-20-8-3-9-21-31)40(38)44(41)32-22-14-17-29(27-32)28-15-4-1-5-16-28/h1-27H. The van der Waals surface area contributed by atoms with Crippen molar-refractivity contribution in [2.24, 2.45) is 0 Å². The fraction of sp³-hybridized carbons (Fsp3) is 0. The Balaban J connectivity index is 1.56. The second-order valence-electron chi connectivity index (χ2n) is 11.4. The second-order valence-corrected chi connectivity index (χ2v) is 11.4. The Bertz CT molecular complexity index is 2590. The van der Waals surface area contributed by atoms with E-state index in [0.717, 1.165) is 66.4 Å². The van der Waals surface area contributed by atoms with Crippen molar-refractivity contribution in [1.82, 2.24) is 13.7 Å². The van der Waals surface area contributed by atoms with Gasteiger partial charge in [0, 0.05) is 32.9 Å². The molecule has 4 heteroatoms. The Morgan fingerprint density at radius 3 is 1.53 bits per heavy atom. The zero-order valence-corrected chi connectivity index (χ0v) is 24.3. The van der Waals surface area contributed by atoms with E-state index in [-0.39, 0.29) is 5.56 Å². The molecule has 0 amide bonds. The zero-order valence-electron chi connectivity index (χ0n) is 24.3. The Kier molecular flexibility index (Phi) is 5.62. The van der Waals surface area contributed by atoms with Gasteiger partial charge in [0.1, 0.15) is 11.2 Å². The molecule has 0 atom stereocenters. The minimum atomic E-state index is -0.0669. The first-order chi connectivity index (χ1) is 22.3. The smallest absolute Gasteiger partial charge is 0.281 e. The predicted molar refractivity (Wildman–Crippen MR) is 186 cm³/mol. The molecule has 0 radical (unpaired) electrons. The molecule has 0 aliphatic rings. The molecule has 0 fully saturated rings. The average molecular weight is 578 g/mol. The van der Waals surface area contributed by atoms with Crippen molar-refractivity contribution in [2.45, 2.75) is 0 Å². The second kappa shape index (κ2) is 9.97. The van der Waals surface area contributed by atoms with Gasteiger partial charge in [0.25, 0.3) is 5.56 Å². The highest BCUT2D eigenvalue weighted by Gasteiger charge is 2.26. The maximum Gasteiger partial charge on any atom is 0.281 e. The molecule has 0 spiro atoms. The number of aromatic nitrogens is 3. The molecule has 0 N–H and O–H groups in total. The molecule has 0 saturated carbocycles. The van der Waals surface area contributed by atoms with Crippen molar-refractivity contribution in [2.75, 3.05) is 0 Å². The Morgan fingerprint density at radius 2 is 0.867 bits per heavy atom. The van der Waals surface area contributed by atoms with Gasteiger partial charge in [-0.25, -0.2) is 0 Å². The first-order valence-electron chi connectivity index (χ1n) is 15.2. The van der Waals surface area contributed by atoms with Crippen molar-refractivity contribution in [3.63, 3.8) is 0 Å². The third-order valence-electron chi connectivity index (χ3n) is 8.83. The minimum absolute atomic E-state index is 0.0669. The van der Waals surface area contributed by atoms with E-state index < -0.39 is 0 Å². The van der Waals surface area contributed by atoms with Crippen LogP contribution in [-0.2, 0) is 0 Å². The maximum atomic E-state index is 15.3. The SMILES string of the molecule is O=c1c2c(c3ccccc3n2-c2ccccc2)c2c3ccccc3n(-c3ccccc3)c2n1-c1cccc(-c2ccccc2)c1. The number of benzene rings is 6. The summed E-state index contributed by atoms with van der Waals surface area (Å²) in [5.41, 5.74) is 8.43. The van der Waals surface area contributed by atoms with Gasteiger partial charge in [-0.1, -0.05) is 115 Å². The van der Waals surface area contributed by atoms with E-state index in [1.54, 1.807) is 0 Å². The fourth-order valence-corrected chi connectivity index (χ4v) is 6.96. The van der Waals surface area contributed by atoms with Crippen LogP contribution in [0.3, 0.4) is 0 Å². The Morgan fingerprint density at radius 1 is 0.378 bits per heavy atom. The minimum Gasteiger partial charge on any atom is -0.304 e. The van der Waals surface area contributed by atoms with E-state index in [9.17, 15) is 0 Å². The van der Waals surface area contributed by atoms with Crippen LogP contribution in [0.15, 0.2) is 169 Å². The molecule has 0 saturated heterocycles. The Hall–Kier alpha value is -6.13. The summed E-state index contributed by atoms with van der Waals surface area (Å²) < 4.78 is 6.31. The largest absolute Gasteiger partial charge is 0.304 e. The molecule has 212 valence electrons. The van der Waals surface area contributed by atoms with Crippen LogP contribution in [0.2, 0.25) is 0 Å². The fourth-order valence-electron chi connectivity index (χ4n) is 6.96. The van der Waals surface area contributed by atoms with Crippen molar-refractivity contribution in [3.05, 3.63) is 174 Å². The van der Waals surface area contributed by atoms with Crippen LogP contribution < -0.4 is 5.56 Å². The normalized spacial score (nSPS) is 11.6. The number of hydrogen-bond acceptors (Lipinski definition) is 1. The first-order valence-corrected chi connectivity index (χ1v) is 15.2. The van der Waals surface area contributed by atoms with Crippen molar-refractivity contribution in [3.8, 4) is 28.2 Å². The molecule has 0 aliphatic heterocycles. The summed E-state index contributed by atoms with van der Waals surface area (Å²) >= 11 is 0. The lowest BCUT2D eigenvalue weighted by Gasteiger charge is -2.16. The van der Waals surface area contributed by atoms with Gasteiger partial charge >= 0.3 is 0 Å². The molecule has 9 aromatic rings. The van der Waals surface area contributed by atoms with E-state index in [1.807, 2.05) is 77.4 Å². The molecular weight excluding hydrogens is 550 g/mol. The highest BCUT2D eigenvalue weighted by atomic mass is 16.1. The summed E-state index contributed by atoms with van der Waals surface area (Å²) in [4.78, 5) is 15.3. The van der Waals surface area contributed by atoms with Gasteiger partial charge in [0.05, 0.1) is 16.7 Å². The van der Waals surface area contributed by atoms with Crippen LogP contribution in [0.25, 0.3) is 71.9 Å². The van der Waals surface area contributed by atoms with Crippen molar-refractivity contribution < 1.29 is 0 Å². The molecule has 0 aliphatic carbocycles. The van der Waals surface area contributed by atoms with Crippen molar-refractivity contribution >= 4 is 43.7 Å². The number of rotatable bonds is 4. The van der Waals surface area contributed by atoms with E-state index in [1.165, 1.54) is 0 Å². The summed E-state index contributed by atoms with van der Waals surface area (Å²) in [6, 6.07) is 56.1. The number of pyridine rings is 1. The molecule has 3 aromatic heterocycles. The van der Waals surface area contributed by atoms with E-state index in [4.69, 9.17) is 0 Å². The lowest BCUT2D eigenvalue weighted by molar-refractivity contribution is 0.985. The molecule has 3 heterocycles. The van der Waals surface area contributed by atoms with Crippen LogP contribution in [0.1, 0.15) is 0 Å². The number of nitrogens with zero attached hydrogens (tertiary/aromatic N) is 3. The van der Waals surface area contributed by atoms with Crippen molar-refractivity contribution in [1.29, 1.82) is 0 Å². The quantitative estimate of drug-likeness (QED) is 0.205. The van der Waals surface area contributed by atoms with Gasteiger partial charge in [0.15, 0.2) is 0 Å². The van der Waals surface area contributed by atoms with Gasteiger partial charge in [-0.3, -0.25) is 13.9 Å². The van der Waals surface area contributed by atoms with Crippen LogP contribution in [-0.4, -0.2) is 13.7 Å². The van der Waals surface area contributed by atoms with Gasteiger partial charge in [-0.15, -0.1) is 0 Å². The monoisotopic (exact) mass is 577 g/mol. The number of hydrogen-bond donors (Lipinski definition) is 0. The first kappa shape index (κ1) is 25.4. The zero-order chi connectivity index (χ0) is 29.9. The lowest BCUT2D eigenvalue weighted by Crippen LogP contribution is -2.22. The van der Waals surface area contributed by atoms with Gasteiger partial charge in [-0.2, -0.15) is 0 Å². The van der Waals surface area contributed by atoms with Gasteiger partial charge in [-0.05, 0) is 59.7 Å². The summed E-state index contributed by atoms with van der Waals surface area (Å²) in [6.07, 6.45) is 0. The molecule has 45 heavy (non-hydrogen) atoms. The molecule has 0 bridgehead atoms. The molecule has 6 aromatic carbocycles. The van der Waals surface area contributed by atoms with Crippen LogP contribution in [0.4, 0.5) is 0 Å². The van der Waals surface area contributed by atoms with E-state index in [2.05, 4.69) is 100 Å². The molecule has 9 rings (SSSR count). The lowest BCUT2D eigenvalue weighted by atomic mass is 10.0. The summed E-state index contributed by atoms with van der Waals surface area (Å²) in [5.74, 6) is 0. The highest BCUT2D eigenvalue weighted by molar-refractivity contribution is 6.28. The van der Waals surface area contributed by atoms with Crippen LogP contribution in [0, 0.1) is 0 Å². The van der Waals surface area contributed by atoms with E-state index in [0.29, 0.717) is 5.52 Å². The van der Waals surface area contributed by atoms with Gasteiger partial charge < -0.3 is 4.57 Å². The van der Waals surface area contributed by atoms with Crippen LogP contribution >= 0.6 is 0 Å². The van der Waals surface area contributed by atoms with E-state index >= 15 is 4.79 Å². The maximum absolute atomic E-state index is 15.3. The molecule has 4 nitrogen and oxygen atoms in total. The predicted octanol–water partition coefficient (Wildman–Crippen LogP) is 9.70. The number of fused-ring (bicyclic) bond motifs is 7. The van der Waals surface area contributed by atoms with Gasteiger partial charge in [0.2, 0.25) is 0 Å². The highest BCUT2D eigenvalue weighted by Crippen LogP contribution is 2.41.